The molecule has 98 valence electrons. The topological polar surface area (TPSA) is 61.0 Å². The van der Waals surface area contributed by atoms with Crippen LogP contribution in [0.2, 0.25) is 0 Å². The van der Waals surface area contributed by atoms with Crippen LogP contribution in [-0.2, 0) is 10.5 Å². The number of nitrogens with two attached hydrogens (primary N) is 1. The van der Waals surface area contributed by atoms with Crippen LogP contribution in [0.3, 0.4) is 0 Å². The first kappa shape index (κ1) is 13.6. The Bertz CT molecular complexity index is 554. The van der Waals surface area contributed by atoms with Gasteiger partial charge in [-0.1, -0.05) is 0 Å². The van der Waals surface area contributed by atoms with E-state index in [0.717, 1.165) is 34.2 Å². The van der Waals surface area contributed by atoms with E-state index in [9.17, 15) is 0 Å². The second-order valence-electron chi connectivity index (χ2n) is 4.03. The molecule has 2 N–H and O–H groups in total. The third-order valence-corrected chi connectivity index (χ3v) is 4.78. The van der Waals surface area contributed by atoms with Gasteiger partial charge in [0.05, 0.1) is 17.7 Å². The minimum absolute atomic E-state index is 0.601. The number of fused-ring (bicyclic) bond motifs is 1. The molecule has 0 aliphatic rings. The Morgan fingerprint density at radius 2 is 2.11 bits per heavy atom. The molecule has 0 atom stereocenters. The molecule has 0 bridgehead atoms. The van der Waals surface area contributed by atoms with Crippen molar-refractivity contribution in [2.24, 2.45) is 0 Å². The minimum atomic E-state index is 0.601. The van der Waals surface area contributed by atoms with Crippen LogP contribution in [0.5, 0.6) is 0 Å². The molecule has 2 heterocycles. The molecule has 2 aromatic rings. The quantitative estimate of drug-likeness (QED) is 0.855. The van der Waals surface area contributed by atoms with Gasteiger partial charge in [0.15, 0.2) is 0 Å². The molecule has 18 heavy (non-hydrogen) atoms. The first-order valence-electron chi connectivity index (χ1n) is 5.72. The Morgan fingerprint density at radius 1 is 1.33 bits per heavy atom. The van der Waals surface area contributed by atoms with Gasteiger partial charge in [-0.25, -0.2) is 9.97 Å². The van der Waals surface area contributed by atoms with Crippen LogP contribution >= 0.6 is 23.1 Å². The zero-order chi connectivity index (χ0) is 13.1. The lowest BCUT2D eigenvalue weighted by molar-refractivity contribution is 0.218. The summed E-state index contributed by atoms with van der Waals surface area (Å²) in [4.78, 5) is 11.2. The summed E-state index contributed by atoms with van der Waals surface area (Å²) in [6.07, 6.45) is 0. The van der Waals surface area contributed by atoms with Crippen LogP contribution in [0.15, 0.2) is 0 Å². The Morgan fingerprint density at radius 3 is 2.83 bits per heavy atom. The molecule has 0 aliphatic heterocycles. The van der Waals surface area contributed by atoms with Gasteiger partial charge < -0.3 is 10.5 Å². The highest BCUT2D eigenvalue weighted by Crippen LogP contribution is 2.32. The highest BCUT2D eigenvalue weighted by molar-refractivity contribution is 7.98. The van der Waals surface area contributed by atoms with Gasteiger partial charge in [0.1, 0.15) is 16.5 Å². The number of ether oxygens (including phenoxy) is 1. The van der Waals surface area contributed by atoms with Gasteiger partial charge >= 0.3 is 0 Å². The van der Waals surface area contributed by atoms with Gasteiger partial charge in [-0.2, -0.15) is 11.8 Å². The van der Waals surface area contributed by atoms with Gasteiger partial charge in [0, 0.05) is 17.7 Å². The van der Waals surface area contributed by atoms with E-state index in [4.69, 9.17) is 10.5 Å². The standard InChI is InChI=1S/C12H17N3OS2/c1-7-8(2)18-12-10(7)11(13)14-9(15-12)6-17-5-4-16-3/h4-6H2,1-3H3,(H2,13,14,15). The maximum atomic E-state index is 6.02. The summed E-state index contributed by atoms with van der Waals surface area (Å²) in [5.41, 5.74) is 7.22. The first-order chi connectivity index (χ1) is 8.63. The van der Waals surface area contributed by atoms with Gasteiger partial charge in [-0.15, -0.1) is 11.3 Å². The lowest BCUT2D eigenvalue weighted by Crippen LogP contribution is -2.00. The highest BCUT2D eigenvalue weighted by Gasteiger charge is 2.12. The Hall–Kier alpha value is -0.850. The molecular formula is C12H17N3OS2. The van der Waals surface area contributed by atoms with E-state index in [2.05, 4.69) is 23.8 Å². The van der Waals surface area contributed by atoms with E-state index in [1.807, 2.05) is 0 Å². The van der Waals surface area contributed by atoms with Gasteiger partial charge in [-0.05, 0) is 19.4 Å². The molecule has 0 saturated carbocycles. The predicted octanol–water partition coefficient (Wildman–Crippen LogP) is 2.77. The van der Waals surface area contributed by atoms with Gasteiger partial charge in [-0.3, -0.25) is 0 Å². The van der Waals surface area contributed by atoms with Crippen molar-refractivity contribution in [2.45, 2.75) is 19.6 Å². The summed E-state index contributed by atoms with van der Waals surface area (Å²) < 4.78 is 5.01. The predicted molar refractivity (Wildman–Crippen MR) is 79.3 cm³/mol. The average molecular weight is 283 g/mol. The third kappa shape index (κ3) is 2.76. The zero-order valence-electron chi connectivity index (χ0n) is 10.8. The number of aromatic nitrogens is 2. The van der Waals surface area contributed by atoms with Crippen LogP contribution in [0, 0.1) is 13.8 Å². The van der Waals surface area contributed by atoms with Crippen molar-refractivity contribution in [3.8, 4) is 0 Å². The van der Waals surface area contributed by atoms with E-state index in [-0.39, 0.29) is 0 Å². The minimum Gasteiger partial charge on any atom is -0.384 e. The number of aryl methyl sites for hydroxylation is 2. The Kier molecular flexibility index (Phi) is 4.42. The summed E-state index contributed by atoms with van der Waals surface area (Å²) in [5.74, 6) is 3.13. The smallest absolute Gasteiger partial charge is 0.142 e. The summed E-state index contributed by atoms with van der Waals surface area (Å²) in [7, 11) is 1.71. The van der Waals surface area contributed by atoms with E-state index < -0.39 is 0 Å². The van der Waals surface area contributed by atoms with E-state index in [1.165, 1.54) is 10.4 Å². The Balaban J connectivity index is 2.21. The van der Waals surface area contributed by atoms with Gasteiger partial charge in [0.25, 0.3) is 0 Å². The number of hydrogen-bond donors (Lipinski definition) is 1. The fraction of sp³-hybridized carbons (Fsp3) is 0.500. The van der Waals surface area contributed by atoms with Crippen LogP contribution in [-0.4, -0.2) is 29.4 Å². The number of thiophene rings is 1. The second-order valence-corrected chi connectivity index (χ2v) is 6.34. The fourth-order valence-electron chi connectivity index (χ4n) is 1.70. The number of nitrogens with zero attached hydrogens (tertiary/aromatic N) is 2. The molecule has 4 nitrogen and oxygen atoms in total. The van der Waals surface area contributed by atoms with Crippen LogP contribution in [0.4, 0.5) is 5.82 Å². The van der Waals surface area contributed by atoms with Crippen molar-refractivity contribution < 1.29 is 4.74 Å². The number of nitrogen functional groups attached to an aromatic ring is 1. The SMILES string of the molecule is COCCSCc1nc(N)c2c(C)c(C)sc2n1. The van der Waals surface area contributed by atoms with Crippen molar-refractivity contribution >= 4 is 39.1 Å². The van der Waals surface area contributed by atoms with Crippen molar-refractivity contribution in [3.63, 3.8) is 0 Å². The van der Waals surface area contributed by atoms with E-state index in [1.54, 1.807) is 30.2 Å². The van der Waals surface area contributed by atoms with Crippen molar-refractivity contribution in [1.29, 1.82) is 0 Å². The molecule has 0 aliphatic carbocycles. The summed E-state index contributed by atoms with van der Waals surface area (Å²) in [6, 6.07) is 0. The van der Waals surface area contributed by atoms with Crippen LogP contribution < -0.4 is 5.73 Å². The van der Waals surface area contributed by atoms with Crippen LogP contribution in [0.25, 0.3) is 10.2 Å². The molecule has 0 aromatic carbocycles. The largest absolute Gasteiger partial charge is 0.384 e. The molecule has 0 amide bonds. The summed E-state index contributed by atoms with van der Waals surface area (Å²) in [6.45, 7) is 4.91. The molecule has 0 radical (unpaired) electrons. The maximum absolute atomic E-state index is 6.02. The van der Waals surface area contributed by atoms with Gasteiger partial charge in [0.2, 0.25) is 0 Å². The Labute approximate surface area is 115 Å². The average Bonchev–Trinajstić information content (AvgIpc) is 2.61. The number of thioether (sulfide) groups is 1. The van der Waals surface area contributed by atoms with Crippen molar-refractivity contribution in [1.82, 2.24) is 9.97 Å². The lowest BCUT2D eigenvalue weighted by Gasteiger charge is -2.03. The normalized spacial score (nSPS) is 11.3. The number of methoxy groups -OCH3 is 1. The zero-order valence-corrected chi connectivity index (χ0v) is 12.5. The molecule has 2 aromatic heterocycles. The summed E-state index contributed by atoms with van der Waals surface area (Å²) in [5, 5.41) is 1.02. The van der Waals surface area contributed by atoms with Crippen molar-refractivity contribution in [2.75, 3.05) is 25.2 Å². The van der Waals surface area contributed by atoms with Crippen LogP contribution in [0.1, 0.15) is 16.3 Å². The third-order valence-electron chi connectivity index (χ3n) is 2.77. The van der Waals surface area contributed by atoms with E-state index in [0.29, 0.717) is 5.82 Å². The summed E-state index contributed by atoms with van der Waals surface area (Å²) >= 11 is 3.44. The second kappa shape index (κ2) is 5.86. The molecule has 2 rings (SSSR count). The monoisotopic (exact) mass is 283 g/mol. The highest BCUT2D eigenvalue weighted by atomic mass is 32.2. The molecule has 6 heteroatoms. The molecule has 0 fully saturated rings. The number of rotatable bonds is 5. The fourth-order valence-corrected chi connectivity index (χ4v) is 3.49. The lowest BCUT2D eigenvalue weighted by atomic mass is 10.2. The van der Waals surface area contributed by atoms with E-state index >= 15 is 0 Å². The molecule has 0 spiro atoms. The molecule has 0 unspecified atom stereocenters. The van der Waals surface area contributed by atoms with Crippen molar-refractivity contribution in [3.05, 3.63) is 16.3 Å². The first-order valence-corrected chi connectivity index (χ1v) is 7.69. The molecular weight excluding hydrogens is 266 g/mol. The molecule has 0 saturated heterocycles. The maximum Gasteiger partial charge on any atom is 0.142 e. The number of anilines is 1. The number of hydrogen-bond acceptors (Lipinski definition) is 6.